The summed E-state index contributed by atoms with van der Waals surface area (Å²) in [4.78, 5) is 2.39. The molecular formula is C13H23NO. The van der Waals surface area contributed by atoms with Crippen LogP contribution in [0.4, 0.5) is 0 Å². The van der Waals surface area contributed by atoms with Crippen LogP contribution < -0.4 is 0 Å². The van der Waals surface area contributed by atoms with Gasteiger partial charge in [-0.1, -0.05) is 6.92 Å². The van der Waals surface area contributed by atoms with Crippen molar-refractivity contribution in [2.24, 2.45) is 17.8 Å². The maximum atomic E-state index is 10.0. The Bertz CT molecular complexity index is 241. The molecule has 2 nitrogen and oxygen atoms in total. The predicted molar refractivity (Wildman–Crippen MR) is 62.8 cm³/mol. The van der Waals surface area contributed by atoms with E-state index in [1.807, 2.05) is 0 Å². The zero-order chi connectivity index (χ0) is 10.8. The normalized spacial score (nSPS) is 35.2. The summed E-state index contributed by atoms with van der Waals surface area (Å²) in [6.07, 6.45) is 7.03. The highest BCUT2D eigenvalue weighted by atomic mass is 16.3. The van der Waals surface area contributed by atoms with Gasteiger partial charge >= 0.3 is 0 Å². The van der Waals surface area contributed by atoms with Crippen molar-refractivity contribution in [2.75, 3.05) is 20.1 Å². The van der Waals surface area contributed by atoms with E-state index >= 15 is 0 Å². The molecule has 0 bridgehead atoms. The lowest BCUT2D eigenvalue weighted by Crippen LogP contribution is -2.34. The summed E-state index contributed by atoms with van der Waals surface area (Å²) >= 11 is 0. The van der Waals surface area contributed by atoms with E-state index in [0.29, 0.717) is 17.6 Å². The van der Waals surface area contributed by atoms with E-state index in [4.69, 9.17) is 0 Å². The van der Waals surface area contributed by atoms with Crippen LogP contribution >= 0.6 is 0 Å². The largest absolute Gasteiger partial charge is 0.512 e. The molecule has 0 aromatic rings. The lowest BCUT2D eigenvalue weighted by atomic mass is 9.76. The monoisotopic (exact) mass is 209 g/mol. The smallest absolute Gasteiger partial charge is 0.0919 e. The van der Waals surface area contributed by atoms with Crippen LogP contribution in [0.1, 0.15) is 32.6 Å². The van der Waals surface area contributed by atoms with Crippen molar-refractivity contribution in [3.05, 3.63) is 11.8 Å². The second-order valence-electron chi connectivity index (χ2n) is 5.39. The SMILES string of the molecule is CC1C=C(O)C(C2CCN(C)CC2)CC1. The number of aliphatic hydroxyl groups is 1. The molecule has 1 N–H and O–H groups in total. The first-order chi connectivity index (χ1) is 7.16. The van der Waals surface area contributed by atoms with Crippen LogP contribution in [0.2, 0.25) is 0 Å². The summed E-state index contributed by atoms with van der Waals surface area (Å²) in [5.74, 6) is 2.45. The molecule has 0 radical (unpaired) electrons. The second kappa shape index (κ2) is 4.56. The molecule has 1 saturated heterocycles. The maximum absolute atomic E-state index is 10.0. The Labute approximate surface area is 93.0 Å². The molecule has 2 unspecified atom stereocenters. The van der Waals surface area contributed by atoms with Gasteiger partial charge in [0.05, 0.1) is 5.76 Å². The van der Waals surface area contributed by atoms with Gasteiger partial charge in [-0.3, -0.25) is 0 Å². The van der Waals surface area contributed by atoms with Gasteiger partial charge in [0.25, 0.3) is 0 Å². The number of rotatable bonds is 1. The topological polar surface area (TPSA) is 23.5 Å². The van der Waals surface area contributed by atoms with Gasteiger partial charge in [0.15, 0.2) is 0 Å². The van der Waals surface area contributed by atoms with Gasteiger partial charge in [0.2, 0.25) is 0 Å². The minimum absolute atomic E-state index is 0.468. The average Bonchev–Trinajstić information content (AvgIpc) is 2.20. The molecule has 0 aromatic carbocycles. The third-order valence-electron chi connectivity index (χ3n) is 4.10. The number of allylic oxidation sites excluding steroid dienone is 2. The van der Waals surface area contributed by atoms with Crippen LogP contribution in [0.15, 0.2) is 11.8 Å². The van der Waals surface area contributed by atoms with E-state index in [2.05, 4.69) is 24.9 Å². The number of aliphatic hydroxyl groups excluding tert-OH is 1. The lowest BCUT2D eigenvalue weighted by molar-refractivity contribution is 0.142. The van der Waals surface area contributed by atoms with Gasteiger partial charge in [-0.25, -0.2) is 0 Å². The summed E-state index contributed by atoms with van der Waals surface area (Å²) in [5, 5.41) is 10.0. The summed E-state index contributed by atoms with van der Waals surface area (Å²) in [5.41, 5.74) is 0. The van der Waals surface area contributed by atoms with E-state index in [-0.39, 0.29) is 0 Å². The highest BCUT2D eigenvalue weighted by Gasteiger charge is 2.30. The Morgan fingerprint density at radius 3 is 2.47 bits per heavy atom. The Kier molecular flexibility index (Phi) is 3.35. The van der Waals surface area contributed by atoms with Gasteiger partial charge in [0.1, 0.15) is 0 Å². The third kappa shape index (κ3) is 2.54. The van der Waals surface area contributed by atoms with Crippen molar-refractivity contribution in [1.29, 1.82) is 0 Å². The van der Waals surface area contributed by atoms with Crippen LogP contribution in [-0.4, -0.2) is 30.1 Å². The van der Waals surface area contributed by atoms with Gasteiger partial charge in [0, 0.05) is 5.92 Å². The molecular weight excluding hydrogens is 186 g/mol. The number of likely N-dealkylation sites (tertiary alicyclic amines) is 1. The molecule has 2 aliphatic rings. The molecule has 2 atom stereocenters. The summed E-state index contributed by atoms with van der Waals surface area (Å²) in [7, 11) is 2.19. The number of piperidine rings is 1. The van der Waals surface area contributed by atoms with Crippen LogP contribution in [0.25, 0.3) is 0 Å². The average molecular weight is 209 g/mol. The Morgan fingerprint density at radius 1 is 1.20 bits per heavy atom. The van der Waals surface area contributed by atoms with E-state index in [9.17, 15) is 5.11 Å². The zero-order valence-electron chi connectivity index (χ0n) is 9.95. The van der Waals surface area contributed by atoms with Gasteiger partial charge < -0.3 is 10.0 Å². The van der Waals surface area contributed by atoms with Crippen molar-refractivity contribution < 1.29 is 5.11 Å². The molecule has 1 aliphatic heterocycles. The number of hydrogen-bond donors (Lipinski definition) is 1. The molecule has 0 spiro atoms. The van der Waals surface area contributed by atoms with E-state index in [1.54, 1.807) is 0 Å². The molecule has 0 saturated carbocycles. The van der Waals surface area contributed by atoms with Crippen molar-refractivity contribution in [1.82, 2.24) is 4.90 Å². The molecule has 15 heavy (non-hydrogen) atoms. The third-order valence-corrected chi connectivity index (χ3v) is 4.10. The number of hydrogen-bond acceptors (Lipinski definition) is 2. The van der Waals surface area contributed by atoms with Crippen molar-refractivity contribution in [2.45, 2.75) is 32.6 Å². The molecule has 1 fully saturated rings. The minimum Gasteiger partial charge on any atom is -0.512 e. The first kappa shape index (κ1) is 11.0. The first-order valence-corrected chi connectivity index (χ1v) is 6.26. The van der Waals surface area contributed by atoms with Crippen LogP contribution in [0.3, 0.4) is 0 Å². The molecule has 1 heterocycles. The second-order valence-corrected chi connectivity index (χ2v) is 5.39. The Hall–Kier alpha value is -0.500. The highest BCUT2D eigenvalue weighted by molar-refractivity contribution is 5.06. The quantitative estimate of drug-likeness (QED) is 0.718. The molecule has 2 rings (SSSR count). The fourth-order valence-corrected chi connectivity index (χ4v) is 3.00. The van der Waals surface area contributed by atoms with Gasteiger partial charge in [-0.15, -0.1) is 0 Å². The summed E-state index contributed by atoms with van der Waals surface area (Å²) in [6, 6.07) is 0. The molecule has 1 aliphatic carbocycles. The maximum Gasteiger partial charge on any atom is 0.0919 e. The molecule has 0 amide bonds. The van der Waals surface area contributed by atoms with Crippen molar-refractivity contribution >= 4 is 0 Å². The Balaban J connectivity index is 1.96. The standard InChI is InChI=1S/C13H23NO/c1-10-3-4-12(13(15)9-10)11-5-7-14(2)8-6-11/h9-12,15H,3-8H2,1-2H3. The van der Waals surface area contributed by atoms with Crippen molar-refractivity contribution in [3.8, 4) is 0 Å². The summed E-state index contributed by atoms with van der Waals surface area (Å²) < 4.78 is 0. The fraction of sp³-hybridized carbons (Fsp3) is 0.846. The van der Waals surface area contributed by atoms with Gasteiger partial charge in [-0.05, 0) is 63.7 Å². The van der Waals surface area contributed by atoms with Crippen LogP contribution in [0.5, 0.6) is 0 Å². The van der Waals surface area contributed by atoms with Crippen LogP contribution in [-0.2, 0) is 0 Å². The first-order valence-electron chi connectivity index (χ1n) is 6.26. The minimum atomic E-state index is 0.468. The van der Waals surface area contributed by atoms with Gasteiger partial charge in [-0.2, -0.15) is 0 Å². The predicted octanol–water partition coefficient (Wildman–Crippen LogP) is 2.82. The zero-order valence-corrected chi connectivity index (χ0v) is 9.95. The van der Waals surface area contributed by atoms with Crippen molar-refractivity contribution in [3.63, 3.8) is 0 Å². The lowest BCUT2D eigenvalue weighted by Gasteiger charge is -2.36. The molecule has 86 valence electrons. The molecule has 0 aromatic heterocycles. The van der Waals surface area contributed by atoms with E-state index < -0.39 is 0 Å². The highest BCUT2D eigenvalue weighted by Crippen LogP contribution is 2.36. The number of nitrogens with zero attached hydrogens (tertiary/aromatic N) is 1. The molecule has 2 heteroatoms. The van der Waals surface area contributed by atoms with E-state index in [0.717, 1.165) is 5.92 Å². The fourth-order valence-electron chi connectivity index (χ4n) is 3.00. The Morgan fingerprint density at radius 2 is 1.87 bits per heavy atom. The summed E-state index contributed by atoms with van der Waals surface area (Å²) in [6.45, 7) is 4.59. The van der Waals surface area contributed by atoms with Crippen LogP contribution in [0, 0.1) is 17.8 Å². The van der Waals surface area contributed by atoms with E-state index in [1.165, 1.54) is 38.8 Å².